The van der Waals surface area contributed by atoms with Gasteiger partial charge in [0.2, 0.25) is 12.7 Å². The molecule has 0 atom stereocenters. The van der Waals surface area contributed by atoms with Gasteiger partial charge < -0.3 is 28.4 Å². The van der Waals surface area contributed by atoms with Crippen LogP contribution in [-0.4, -0.2) is 47.6 Å². The molecule has 0 unspecified atom stereocenters. The molecule has 2 heterocycles. The molecule has 35 heavy (non-hydrogen) atoms. The molecule has 184 valence electrons. The monoisotopic (exact) mass is 498 g/mol. The van der Waals surface area contributed by atoms with E-state index >= 15 is 0 Å². The maximum absolute atomic E-state index is 13.4. The first-order chi connectivity index (χ1) is 16.9. The van der Waals surface area contributed by atoms with Crippen molar-refractivity contribution in [3.8, 4) is 17.2 Å². The van der Waals surface area contributed by atoms with Crippen LogP contribution in [0.25, 0.3) is 0 Å². The van der Waals surface area contributed by atoms with Crippen LogP contribution in [0, 0.1) is 0 Å². The van der Waals surface area contributed by atoms with Crippen molar-refractivity contribution in [1.29, 1.82) is 0 Å². The van der Waals surface area contributed by atoms with Gasteiger partial charge in [-0.3, -0.25) is 9.59 Å². The van der Waals surface area contributed by atoms with Crippen molar-refractivity contribution in [2.75, 3.05) is 19.9 Å². The summed E-state index contributed by atoms with van der Waals surface area (Å²) < 4.78 is 21.9. The van der Waals surface area contributed by atoms with Crippen LogP contribution in [0.5, 0.6) is 17.2 Å². The topological polar surface area (TPSA) is 81.5 Å². The molecule has 1 aliphatic rings. The van der Waals surface area contributed by atoms with Gasteiger partial charge in [-0.25, -0.2) is 0 Å². The van der Waals surface area contributed by atoms with E-state index in [-0.39, 0.29) is 44.3 Å². The largest absolute Gasteiger partial charge is 0.484 e. The first-order valence-electron chi connectivity index (χ1n) is 11.3. The van der Waals surface area contributed by atoms with Crippen molar-refractivity contribution >= 4 is 23.4 Å². The number of nitrogens with zero attached hydrogens (tertiary/aromatic N) is 2. The zero-order valence-electron chi connectivity index (χ0n) is 19.6. The van der Waals surface area contributed by atoms with Crippen molar-refractivity contribution in [2.45, 2.75) is 33.0 Å². The Morgan fingerprint density at radius 3 is 2.49 bits per heavy atom. The summed E-state index contributed by atoms with van der Waals surface area (Å²) in [6, 6.07) is 15.7. The zero-order valence-corrected chi connectivity index (χ0v) is 20.4. The predicted octanol–water partition coefficient (Wildman–Crippen LogP) is 4.51. The van der Waals surface area contributed by atoms with Gasteiger partial charge in [0, 0.05) is 17.6 Å². The number of ether oxygens (including phenoxy) is 3. The summed E-state index contributed by atoms with van der Waals surface area (Å²) in [6.07, 6.45) is 1.57. The molecule has 4 rings (SSSR count). The highest BCUT2D eigenvalue weighted by Crippen LogP contribution is 2.33. The molecular weight excluding hydrogens is 472 g/mol. The normalized spacial score (nSPS) is 12.0. The number of carbonyl (C=O) groups excluding carboxylic acids is 2. The summed E-state index contributed by atoms with van der Waals surface area (Å²) >= 11 is 5.90. The van der Waals surface area contributed by atoms with Gasteiger partial charge in [0.1, 0.15) is 18.1 Å². The number of carbonyl (C=O) groups is 2. The summed E-state index contributed by atoms with van der Waals surface area (Å²) in [5.74, 6) is 1.99. The quantitative estimate of drug-likeness (QED) is 0.409. The molecule has 0 N–H and O–H groups in total. The number of hydrogen-bond donors (Lipinski definition) is 0. The Morgan fingerprint density at radius 2 is 1.77 bits per heavy atom. The van der Waals surface area contributed by atoms with Crippen LogP contribution in [0.15, 0.2) is 65.3 Å². The Kier molecular flexibility index (Phi) is 7.82. The second kappa shape index (κ2) is 11.2. The molecule has 0 saturated carbocycles. The van der Waals surface area contributed by atoms with E-state index in [9.17, 15) is 9.59 Å². The van der Waals surface area contributed by atoms with Gasteiger partial charge in [0.25, 0.3) is 5.91 Å². The molecule has 3 aromatic rings. The van der Waals surface area contributed by atoms with Crippen molar-refractivity contribution in [3.63, 3.8) is 0 Å². The van der Waals surface area contributed by atoms with E-state index in [1.54, 1.807) is 41.5 Å². The van der Waals surface area contributed by atoms with Crippen molar-refractivity contribution < 1.29 is 28.2 Å². The van der Waals surface area contributed by atoms with E-state index in [0.29, 0.717) is 34.6 Å². The highest BCUT2D eigenvalue weighted by atomic mass is 35.5. The number of rotatable bonds is 10. The standard InChI is InChI=1S/C26H27ClN2O6/c1-18(2)29(26(31)16-33-21-8-6-20(27)7-9-21)15-25(30)28(14-22-4-3-11-32-22)13-19-5-10-23-24(12-19)35-17-34-23/h3-12,18H,13-17H2,1-2H3. The number of benzene rings is 2. The number of amides is 2. The lowest BCUT2D eigenvalue weighted by molar-refractivity contribution is -0.144. The molecule has 1 aromatic heterocycles. The molecule has 9 heteroatoms. The van der Waals surface area contributed by atoms with E-state index in [1.165, 1.54) is 4.90 Å². The Balaban J connectivity index is 1.44. The molecule has 0 fully saturated rings. The lowest BCUT2D eigenvalue weighted by Gasteiger charge is -2.30. The third-order valence-corrected chi connectivity index (χ3v) is 5.77. The first-order valence-corrected chi connectivity index (χ1v) is 11.6. The second-order valence-corrected chi connectivity index (χ2v) is 8.81. The van der Waals surface area contributed by atoms with E-state index in [1.807, 2.05) is 38.1 Å². The SMILES string of the molecule is CC(C)N(CC(=O)N(Cc1ccc2c(c1)OCO2)Cc1ccco1)C(=O)COc1ccc(Cl)cc1. The summed E-state index contributed by atoms with van der Waals surface area (Å²) in [4.78, 5) is 29.5. The fraction of sp³-hybridized carbons (Fsp3) is 0.308. The number of halogens is 1. The molecule has 0 saturated heterocycles. The minimum Gasteiger partial charge on any atom is -0.484 e. The van der Waals surface area contributed by atoms with E-state index in [4.69, 9.17) is 30.2 Å². The Labute approximate surface area is 208 Å². The maximum atomic E-state index is 13.4. The molecule has 8 nitrogen and oxygen atoms in total. The fourth-order valence-corrected chi connectivity index (χ4v) is 3.77. The van der Waals surface area contributed by atoms with Crippen LogP contribution in [-0.2, 0) is 22.7 Å². The smallest absolute Gasteiger partial charge is 0.261 e. The van der Waals surface area contributed by atoms with E-state index < -0.39 is 0 Å². The summed E-state index contributed by atoms with van der Waals surface area (Å²) in [7, 11) is 0. The van der Waals surface area contributed by atoms with E-state index in [2.05, 4.69) is 0 Å². The molecule has 0 radical (unpaired) electrons. The highest BCUT2D eigenvalue weighted by molar-refractivity contribution is 6.30. The molecule has 2 aromatic carbocycles. The third kappa shape index (κ3) is 6.48. The maximum Gasteiger partial charge on any atom is 0.261 e. The minimum atomic E-state index is -0.288. The van der Waals surface area contributed by atoms with Gasteiger partial charge in [0.05, 0.1) is 12.8 Å². The first kappa shape index (κ1) is 24.5. The van der Waals surface area contributed by atoms with Crippen molar-refractivity contribution in [2.24, 2.45) is 0 Å². The van der Waals surface area contributed by atoms with Gasteiger partial charge in [-0.2, -0.15) is 0 Å². The van der Waals surface area contributed by atoms with Gasteiger partial charge >= 0.3 is 0 Å². The second-order valence-electron chi connectivity index (χ2n) is 8.37. The van der Waals surface area contributed by atoms with Crippen LogP contribution in [0.1, 0.15) is 25.2 Å². The minimum absolute atomic E-state index is 0.0915. The molecule has 1 aliphatic heterocycles. The Hall–Kier alpha value is -3.65. The van der Waals surface area contributed by atoms with Crippen molar-refractivity contribution in [1.82, 2.24) is 9.80 Å². The zero-order chi connectivity index (χ0) is 24.8. The molecule has 0 bridgehead atoms. The molecular formula is C26H27ClN2O6. The van der Waals surface area contributed by atoms with Gasteiger partial charge in [-0.05, 0) is 67.9 Å². The van der Waals surface area contributed by atoms with Gasteiger partial charge in [-0.1, -0.05) is 17.7 Å². The average Bonchev–Trinajstić information content (AvgIpc) is 3.53. The van der Waals surface area contributed by atoms with Gasteiger partial charge in [-0.15, -0.1) is 0 Å². The van der Waals surface area contributed by atoms with Crippen LogP contribution in [0.4, 0.5) is 0 Å². The van der Waals surface area contributed by atoms with E-state index in [0.717, 1.165) is 5.56 Å². The van der Waals surface area contributed by atoms with Crippen LogP contribution >= 0.6 is 11.6 Å². The summed E-state index contributed by atoms with van der Waals surface area (Å²) in [6.45, 7) is 4.21. The molecule has 0 aliphatic carbocycles. The van der Waals surface area contributed by atoms with Gasteiger partial charge in [0.15, 0.2) is 18.1 Å². The molecule has 0 spiro atoms. The lowest BCUT2D eigenvalue weighted by atomic mass is 10.1. The fourth-order valence-electron chi connectivity index (χ4n) is 3.65. The number of hydrogen-bond acceptors (Lipinski definition) is 6. The third-order valence-electron chi connectivity index (χ3n) is 5.52. The van der Waals surface area contributed by atoms with Crippen LogP contribution < -0.4 is 14.2 Å². The van der Waals surface area contributed by atoms with Crippen LogP contribution in [0.2, 0.25) is 5.02 Å². The lowest BCUT2D eigenvalue weighted by Crippen LogP contribution is -2.47. The van der Waals surface area contributed by atoms with Crippen LogP contribution in [0.3, 0.4) is 0 Å². The summed E-state index contributed by atoms with van der Waals surface area (Å²) in [5, 5.41) is 0.581. The highest BCUT2D eigenvalue weighted by Gasteiger charge is 2.25. The number of fused-ring (bicyclic) bond motifs is 1. The number of furan rings is 1. The molecule has 2 amide bonds. The average molecular weight is 499 g/mol. The summed E-state index contributed by atoms with van der Waals surface area (Å²) in [5.41, 5.74) is 0.877. The Morgan fingerprint density at radius 1 is 1.00 bits per heavy atom. The Bertz CT molecular complexity index is 1150. The predicted molar refractivity (Wildman–Crippen MR) is 129 cm³/mol. The van der Waals surface area contributed by atoms with Crippen molar-refractivity contribution in [3.05, 3.63) is 77.2 Å².